The third-order valence-electron chi connectivity index (χ3n) is 10.7. The van der Waals surface area contributed by atoms with Gasteiger partial charge in [-0.1, -0.05) is 13.8 Å². The second-order valence-corrected chi connectivity index (χ2v) is 12.1. The van der Waals surface area contributed by atoms with Gasteiger partial charge >= 0.3 is 11.9 Å². The standard InChI is InChI=1S/C28H38O9/c1-14-13-15-16-8-11-28(12-9-20(32)33,18(29)5-4-6-19(30)31)26(16,2)10-7-17(15)27(3)21(14)22(34)23(35)24(36)25(27)37/h14-17,34-36H,4-13H2,1-3H3,(H,30,31)(H,32,33)/t14?,15-,16-,17-,26-,27+,28-/m0/s1. The van der Waals surface area contributed by atoms with Crippen LogP contribution in [0.2, 0.25) is 0 Å². The summed E-state index contributed by atoms with van der Waals surface area (Å²) < 4.78 is 0. The minimum Gasteiger partial charge on any atom is -0.504 e. The number of allylic oxidation sites excluding steroid dienone is 2. The molecule has 0 radical (unpaired) electrons. The Morgan fingerprint density at radius 2 is 1.49 bits per heavy atom. The van der Waals surface area contributed by atoms with E-state index in [0.717, 1.165) is 0 Å². The van der Waals surface area contributed by atoms with Gasteiger partial charge in [0.15, 0.2) is 5.76 Å². The summed E-state index contributed by atoms with van der Waals surface area (Å²) in [5, 5.41) is 49.8. The molecule has 4 aliphatic carbocycles. The number of hydrogen-bond acceptors (Lipinski definition) is 7. The third-order valence-corrected chi connectivity index (χ3v) is 10.7. The van der Waals surface area contributed by atoms with E-state index in [1.54, 1.807) is 6.92 Å². The van der Waals surface area contributed by atoms with Gasteiger partial charge in [-0.15, -0.1) is 0 Å². The molecule has 0 bridgehead atoms. The van der Waals surface area contributed by atoms with E-state index in [4.69, 9.17) is 5.11 Å². The average molecular weight is 519 g/mol. The monoisotopic (exact) mass is 518 g/mol. The first-order valence-electron chi connectivity index (χ1n) is 13.3. The zero-order chi connectivity index (χ0) is 27.5. The largest absolute Gasteiger partial charge is 0.504 e. The second kappa shape index (κ2) is 9.17. The molecule has 4 rings (SSSR count). The normalized spacial score (nSPS) is 39.2. The Labute approximate surface area is 216 Å². The van der Waals surface area contributed by atoms with Gasteiger partial charge < -0.3 is 25.5 Å². The number of carbonyl (C=O) groups is 4. The van der Waals surface area contributed by atoms with Gasteiger partial charge in [0.1, 0.15) is 5.78 Å². The lowest BCUT2D eigenvalue weighted by atomic mass is 9.43. The Morgan fingerprint density at radius 3 is 2.11 bits per heavy atom. The lowest BCUT2D eigenvalue weighted by molar-refractivity contribution is -0.152. The molecule has 0 saturated heterocycles. The zero-order valence-electron chi connectivity index (χ0n) is 21.7. The maximum absolute atomic E-state index is 13.8. The number of carbonyl (C=O) groups excluding carboxylic acids is 2. The van der Waals surface area contributed by atoms with Crippen molar-refractivity contribution in [2.75, 3.05) is 0 Å². The summed E-state index contributed by atoms with van der Waals surface area (Å²) in [6.07, 6.45) is 3.22. The van der Waals surface area contributed by atoms with Gasteiger partial charge in [0.2, 0.25) is 17.3 Å². The average Bonchev–Trinajstić information content (AvgIpc) is 3.13. The zero-order valence-corrected chi connectivity index (χ0v) is 21.7. The fourth-order valence-electron chi connectivity index (χ4n) is 9.04. The maximum atomic E-state index is 13.8. The molecule has 0 aliphatic heterocycles. The van der Waals surface area contributed by atoms with Gasteiger partial charge in [0.05, 0.1) is 5.41 Å². The summed E-state index contributed by atoms with van der Waals surface area (Å²) >= 11 is 0. The summed E-state index contributed by atoms with van der Waals surface area (Å²) in [4.78, 5) is 49.8. The van der Waals surface area contributed by atoms with E-state index in [9.17, 15) is 39.6 Å². The van der Waals surface area contributed by atoms with Crippen molar-refractivity contribution in [3.05, 3.63) is 22.9 Å². The first-order chi connectivity index (χ1) is 17.2. The fraction of sp³-hybridized carbons (Fsp3) is 0.714. The quantitative estimate of drug-likeness (QED) is 0.301. The van der Waals surface area contributed by atoms with E-state index in [1.165, 1.54) is 0 Å². The molecule has 0 heterocycles. The van der Waals surface area contributed by atoms with E-state index in [0.29, 0.717) is 37.7 Å². The number of hydrogen-bond donors (Lipinski definition) is 5. The predicted octanol–water partition coefficient (Wildman–Crippen LogP) is 4.87. The van der Waals surface area contributed by atoms with Gasteiger partial charge in [-0.05, 0) is 86.5 Å². The molecule has 3 saturated carbocycles. The smallest absolute Gasteiger partial charge is 0.303 e. The summed E-state index contributed by atoms with van der Waals surface area (Å²) in [5.41, 5.74) is -2.11. The van der Waals surface area contributed by atoms with Crippen LogP contribution in [0, 0.1) is 39.9 Å². The van der Waals surface area contributed by atoms with E-state index >= 15 is 0 Å². The predicted molar refractivity (Wildman–Crippen MR) is 132 cm³/mol. The van der Waals surface area contributed by atoms with Crippen molar-refractivity contribution in [2.24, 2.45) is 39.9 Å². The summed E-state index contributed by atoms with van der Waals surface area (Å²) in [6, 6.07) is 0. The Balaban J connectivity index is 1.72. The van der Waals surface area contributed by atoms with Crippen molar-refractivity contribution in [2.45, 2.75) is 85.0 Å². The molecule has 0 aromatic carbocycles. The molecule has 7 atom stereocenters. The second-order valence-electron chi connectivity index (χ2n) is 12.1. The lowest BCUT2D eigenvalue weighted by Crippen LogP contribution is -2.58. The van der Waals surface area contributed by atoms with E-state index in [2.05, 4.69) is 6.92 Å². The number of aliphatic hydroxyl groups excluding tert-OH is 3. The molecule has 204 valence electrons. The molecule has 0 amide bonds. The SMILES string of the molecule is CC1C[C@@H]2[C@H](CC[C@@]3(C)[C@H]2CC[C@]3(CCC(=O)O)C(=O)CCCC(=O)O)[C@@]2(C)C(=O)C(O)=C(O)C(O)=C12. The van der Waals surface area contributed by atoms with Crippen molar-refractivity contribution >= 4 is 23.5 Å². The highest BCUT2D eigenvalue weighted by atomic mass is 16.4. The van der Waals surface area contributed by atoms with Crippen LogP contribution >= 0.6 is 0 Å². The highest BCUT2D eigenvalue weighted by Gasteiger charge is 2.68. The van der Waals surface area contributed by atoms with Crippen molar-refractivity contribution in [1.82, 2.24) is 0 Å². The first kappa shape index (κ1) is 27.2. The molecule has 37 heavy (non-hydrogen) atoms. The molecule has 9 heteroatoms. The number of rotatable bonds is 8. The molecule has 0 spiro atoms. The molecule has 0 aromatic heterocycles. The highest BCUT2D eigenvalue weighted by molar-refractivity contribution is 6.02. The van der Waals surface area contributed by atoms with E-state index in [1.807, 2.05) is 6.92 Å². The van der Waals surface area contributed by atoms with Crippen molar-refractivity contribution in [3.63, 3.8) is 0 Å². The van der Waals surface area contributed by atoms with Crippen molar-refractivity contribution in [3.8, 4) is 0 Å². The number of Topliss-reactive ketones (excluding diaryl/α,β-unsaturated/α-hetero) is 2. The Kier molecular flexibility index (Phi) is 6.74. The minimum absolute atomic E-state index is 0.00538. The molecule has 0 aromatic rings. The van der Waals surface area contributed by atoms with Crippen LogP contribution < -0.4 is 0 Å². The van der Waals surface area contributed by atoms with Gasteiger partial charge in [-0.3, -0.25) is 19.2 Å². The third kappa shape index (κ3) is 3.79. The minimum atomic E-state index is -1.18. The van der Waals surface area contributed by atoms with Crippen LogP contribution in [0.5, 0.6) is 0 Å². The van der Waals surface area contributed by atoms with Gasteiger partial charge in [-0.2, -0.15) is 0 Å². The number of ketones is 2. The summed E-state index contributed by atoms with van der Waals surface area (Å²) in [5.74, 6) is -5.04. The van der Waals surface area contributed by atoms with E-state index in [-0.39, 0.29) is 61.6 Å². The number of fused-ring (bicyclic) bond motifs is 5. The Bertz CT molecular complexity index is 1100. The van der Waals surface area contributed by atoms with Crippen LogP contribution in [0.1, 0.15) is 85.0 Å². The van der Waals surface area contributed by atoms with Crippen molar-refractivity contribution < 1.29 is 44.7 Å². The highest BCUT2D eigenvalue weighted by Crippen LogP contribution is 2.71. The summed E-state index contributed by atoms with van der Waals surface area (Å²) in [6.45, 7) is 5.71. The molecule has 1 unspecified atom stereocenters. The molecule has 5 N–H and O–H groups in total. The Hall–Kier alpha value is -2.84. The van der Waals surface area contributed by atoms with Crippen LogP contribution in [-0.4, -0.2) is 49.0 Å². The van der Waals surface area contributed by atoms with Gasteiger partial charge in [0.25, 0.3) is 0 Å². The van der Waals surface area contributed by atoms with Gasteiger partial charge in [0, 0.05) is 24.7 Å². The van der Waals surface area contributed by atoms with Crippen LogP contribution in [0.3, 0.4) is 0 Å². The van der Waals surface area contributed by atoms with Crippen LogP contribution in [0.4, 0.5) is 0 Å². The maximum Gasteiger partial charge on any atom is 0.303 e. The van der Waals surface area contributed by atoms with Crippen LogP contribution in [0.15, 0.2) is 22.9 Å². The molecular weight excluding hydrogens is 480 g/mol. The number of carboxylic acid groups (broad SMARTS) is 2. The fourth-order valence-corrected chi connectivity index (χ4v) is 9.04. The number of aliphatic hydroxyl groups is 3. The topological polar surface area (TPSA) is 169 Å². The lowest BCUT2D eigenvalue weighted by Gasteiger charge is -2.60. The number of carboxylic acids is 2. The van der Waals surface area contributed by atoms with E-state index < -0.39 is 51.2 Å². The Morgan fingerprint density at radius 1 is 0.865 bits per heavy atom. The number of aliphatic carboxylic acids is 2. The first-order valence-corrected chi connectivity index (χ1v) is 13.3. The molecule has 4 aliphatic rings. The van der Waals surface area contributed by atoms with Crippen LogP contribution in [0.25, 0.3) is 0 Å². The molecular formula is C28H38O9. The van der Waals surface area contributed by atoms with Crippen LogP contribution in [-0.2, 0) is 19.2 Å². The van der Waals surface area contributed by atoms with Gasteiger partial charge in [-0.25, -0.2) is 0 Å². The van der Waals surface area contributed by atoms with Crippen molar-refractivity contribution in [1.29, 1.82) is 0 Å². The molecule has 3 fully saturated rings. The molecule has 9 nitrogen and oxygen atoms in total. The summed E-state index contributed by atoms with van der Waals surface area (Å²) in [7, 11) is 0.